The van der Waals surface area contributed by atoms with Crippen LogP contribution >= 0.6 is 12.0 Å². The highest BCUT2D eigenvalue weighted by molar-refractivity contribution is 7.94. The summed E-state index contributed by atoms with van der Waals surface area (Å²) in [5, 5.41) is 14.2. The predicted octanol–water partition coefficient (Wildman–Crippen LogP) is 5.19. The van der Waals surface area contributed by atoms with E-state index < -0.39 is 21.0 Å². The summed E-state index contributed by atoms with van der Waals surface area (Å²) in [7, 11) is -4.88. The fourth-order valence-corrected chi connectivity index (χ4v) is 4.57. The molecule has 8 nitrogen and oxygen atoms in total. The van der Waals surface area contributed by atoms with E-state index in [-0.39, 0.29) is 12.2 Å². The maximum Gasteiger partial charge on any atom is 0.311 e. The topological polar surface area (TPSA) is 125 Å². The molecule has 0 spiro atoms. The summed E-state index contributed by atoms with van der Waals surface area (Å²) in [6, 6.07) is 7.22. The number of unbranched alkanes of at least 4 members (excludes halogenated alkanes) is 9. The number of hydrogen-bond donors (Lipinski definition) is 0. The van der Waals surface area contributed by atoms with Crippen LogP contribution in [0.5, 0.6) is 5.75 Å². The number of rotatable bonds is 16. The van der Waals surface area contributed by atoms with Gasteiger partial charge < -0.3 is 14.5 Å². The van der Waals surface area contributed by atoms with Crippen molar-refractivity contribution in [1.29, 1.82) is 0 Å². The second-order valence-corrected chi connectivity index (χ2v) is 10.0. The normalized spacial score (nSPS) is 11.7. The van der Waals surface area contributed by atoms with E-state index >= 15 is 0 Å². The summed E-state index contributed by atoms with van der Waals surface area (Å²) in [5.41, 5.74) is 0. The number of carbonyl (C=O) groups is 1. The van der Waals surface area contributed by atoms with Gasteiger partial charge in [-0.05, 0) is 41.5 Å². The SMILES string of the molecule is CCCCCCCCCCCCC(=O)Oc1cc2ccc(SOO[O-])cc2cc1S(=O)(=O)[O-]. The van der Waals surface area contributed by atoms with Gasteiger partial charge in [0.2, 0.25) is 0 Å². The molecule has 0 saturated heterocycles. The fraction of sp³-hybridized carbons (Fsp3) is 0.522. The van der Waals surface area contributed by atoms with Gasteiger partial charge in [-0.3, -0.25) is 9.83 Å². The lowest BCUT2D eigenvalue weighted by molar-refractivity contribution is -0.777. The minimum Gasteiger partial charge on any atom is -0.744 e. The Balaban J connectivity index is 1.90. The average Bonchev–Trinajstić information content (AvgIpc) is 2.77. The summed E-state index contributed by atoms with van der Waals surface area (Å²) in [6.07, 6.45) is 11.4. The van der Waals surface area contributed by atoms with Crippen LogP contribution in [0, 0.1) is 0 Å². The lowest BCUT2D eigenvalue weighted by atomic mass is 10.1. The first-order chi connectivity index (χ1) is 15.8. The molecule has 0 radical (unpaired) electrons. The zero-order chi connectivity index (χ0) is 24.1. The smallest absolute Gasteiger partial charge is 0.311 e. The molecule has 0 fully saturated rings. The quantitative estimate of drug-likeness (QED) is 0.0584. The number of hydrogen-bond acceptors (Lipinski definition) is 9. The van der Waals surface area contributed by atoms with Crippen LogP contribution in [0.1, 0.15) is 77.6 Å². The van der Waals surface area contributed by atoms with Gasteiger partial charge in [0.15, 0.2) is 0 Å². The van der Waals surface area contributed by atoms with Gasteiger partial charge in [0.25, 0.3) is 0 Å². The van der Waals surface area contributed by atoms with E-state index in [1.54, 1.807) is 12.1 Å². The van der Waals surface area contributed by atoms with Crippen LogP contribution in [0.2, 0.25) is 0 Å². The second-order valence-electron chi connectivity index (χ2n) is 7.89. The van der Waals surface area contributed by atoms with Crippen molar-refractivity contribution >= 4 is 38.9 Å². The first-order valence-corrected chi connectivity index (χ1v) is 13.4. The summed E-state index contributed by atoms with van der Waals surface area (Å²) in [4.78, 5) is 12.1. The Morgan fingerprint density at radius 3 is 2.15 bits per heavy atom. The fourth-order valence-electron chi connectivity index (χ4n) is 3.54. The first-order valence-electron chi connectivity index (χ1n) is 11.2. The van der Waals surface area contributed by atoms with Gasteiger partial charge in [0.1, 0.15) is 15.9 Å². The minimum atomic E-state index is -4.88. The maximum atomic E-state index is 12.3. The van der Waals surface area contributed by atoms with E-state index in [0.29, 0.717) is 34.1 Å². The Bertz CT molecular complexity index is 991. The van der Waals surface area contributed by atoms with Gasteiger partial charge in [-0.25, -0.2) is 8.42 Å². The molecule has 184 valence electrons. The molecule has 0 heterocycles. The molecule has 10 heteroatoms. The van der Waals surface area contributed by atoms with Gasteiger partial charge in [0.05, 0.1) is 16.9 Å². The summed E-state index contributed by atoms with van der Waals surface area (Å²) in [5.74, 6) is -0.860. The zero-order valence-electron chi connectivity index (χ0n) is 18.7. The van der Waals surface area contributed by atoms with Gasteiger partial charge >= 0.3 is 5.97 Å². The first kappa shape index (κ1) is 27.6. The highest BCUT2D eigenvalue weighted by Gasteiger charge is 2.16. The molecule has 0 aliphatic rings. The molecule has 0 atom stereocenters. The summed E-state index contributed by atoms with van der Waals surface area (Å²) < 4.78 is 44.7. The van der Waals surface area contributed by atoms with Gasteiger partial charge in [-0.2, -0.15) is 4.33 Å². The highest BCUT2D eigenvalue weighted by Crippen LogP contribution is 2.32. The van der Waals surface area contributed by atoms with Crippen LogP contribution < -0.4 is 9.99 Å². The van der Waals surface area contributed by atoms with Crippen molar-refractivity contribution < 1.29 is 37.1 Å². The average molecular weight is 499 g/mol. The third-order valence-electron chi connectivity index (χ3n) is 5.26. The molecule has 2 aromatic rings. The molecular formula is C23H30O8S2-2. The molecule has 0 saturated carbocycles. The largest absolute Gasteiger partial charge is 0.744 e. The molecular weight excluding hydrogens is 468 g/mol. The van der Waals surface area contributed by atoms with Crippen molar-refractivity contribution in [3.63, 3.8) is 0 Å². The highest BCUT2D eigenvalue weighted by atomic mass is 32.2. The number of benzene rings is 2. The predicted molar refractivity (Wildman–Crippen MR) is 122 cm³/mol. The lowest BCUT2D eigenvalue weighted by Crippen LogP contribution is -2.11. The number of ether oxygens (including phenoxy) is 1. The molecule has 2 aromatic carbocycles. The van der Waals surface area contributed by atoms with E-state index in [2.05, 4.69) is 16.3 Å². The molecule has 0 unspecified atom stereocenters. The summed E-state index contributed by atoms with van der Waals surface area (Å²) >= 11 is 0.636. The molecule has 0 aromatic heterocycles. The van der Waals surface area contributed by atoms with Gasteiger partial charge in [-0.15, -0.1) is 0 Å². The number of carbonyl (C=O) groups excluding carboxylic acids is 1. The van der Waals surface area contributed by atoms with Crippen LogP contribution in [-0.4, -0.2) is 18.9 Å². The molecule has 0 amide bonds. The van der Waals surface area contributed by atoms with Crippen LogP contribution in [0.3, 0.4) is 0 Å². The Hall–Kier alpha value is -1.69. The third-order valence-corrected chi connectivity index (χ3v) is 6.69. The van der Waals surface area contributed by atoms with Crippen LogP contribution in [0.4, 0.5) is 0 Å². The van der Waals surface area contributed by atoms with Crippen molar-refractivity contribution in [3.05, 3.63) is 30.3 Å². The molecule has 0 N–H and O–H groups in total. The van der Waals surface area contributed by atoms with Crippen molar-refractivity contribution in [2.24, 2.45) is 0 Å². The van der Waals surface area contributed by atoms with Gasteiger partial charge in [0, 0.05) is 11.3 Å². The zero-order valence-corrected chi connectivity index (χ0v) is 20.4. The van der Waals surface area contributed by atoms with E-state index in [0.717, 1.165) is 25.3 Å². The van der Waals surface area contributed by atoms with Crippen molar-refractivity contribution in [2.45, 2.75) is 87.3 Å². The molecule has 0 bridgehead atoms. The van der Waals surface area contributed by atoms with Crippen LogP contribution in [0.25, 0.3) is 10.8 Å². The second kappa shape index (κ2) is 14.5. The van der Waals surface area contributed by atoms with E-state index in [9.17, 15) is 23.0 Å². The van der Waals surface area contributed by atoms with Crippen LogP contribution in [0.15, 0.2) is 40.1 Å². The molecule has 33 heavy (non-hydrogen) atoms. The number of fused-ring (bicyclic) bond motifs is 1. The lowest BCUT2D eigenvalue weighted by Gasteiger charge is -2.15. The Morgan fingerprint density at radius 1 is 0.909 bits per heavy atom. The Labute approximate surface area is 199 Å². The molecule has 0 aliphatic carbocycles. The monoisotopic (exact) mass is 498 g/mol. The third kappa shape index (κ3) is 9.99. The van der Waals surface area contributed by atoms with Crippen LogP contribution in [-0.2, 0) is 24.3 Å². The van der Waals surface area contributed by atoms with Gasteiger partial charge in [-0.1, -0.05) is 70.8 Å². The summed E-state index contributed by atoms with van der Waals surface area (Å²) in [6.45, 7) is 2.20. The van der Waals surface area contributed by atoms with Crippen molar-refractivity contribution in [1.82, 2.24) is 0 Å². The molecule has 2 rings (SSSR count). The number of esters is 1. The van der Waals surface area contributed by atoms with E-state index in [1.165, 1.54) is 50.7 Å². The standard InChI is InChI=1S/C23H32O8S2/c1-2-3-4-5-6-7-8-9-10-11-12-23(24)29-21-16-18-13-14-20(32-31-30-25)15-19(18)17-22(21)33(26,27)28/h13-17,25H,2-12H2,1H3,(H,26,27,28)/p-2. The molecule has 0 aliphatic heterocycles. The Morgan fingerprint density at radius 2 is 1.55 bits per heavy atom. The van der Waals surface area contributed by atoms with E-state index in [4.69, 9.17) is 4.74 Å². The van der Waals surface area contributed by atoms with E-state index in [1.807, 2.05) is 0 Å². The van der Waals surface area contributed by atoms with Crippen molar-refractivity contribution in [2.75, 3.05) is 0 Å². The minimum absolute atomic E-state index is 0.148. The van der Waals surface area contributed by atoms with Crippen molar-refractivity contribution in [3.8, 4) is 5.75 Å². The Kier molecular flexibility index (Phi) is 12.1. The maximum absolute atomic E-state index is 12.3.